The normalized spacial score (nSPS) is 15.9. The molecule has 3 nitrogen and oxygen atoms in total. The molecule has 23 heavy (non-hydrogen) atoms. The predicted octanol–water partition coefficient (Wildman–Crippen LogP) is 4.12. The molecular weight excluding hydrogens is 282 g/mol. The Morgan fingerprint density at radius 1 is 1.04 bits per heavy atom. The van der Waals surface area contributed by atoms with E-state index in [2.05, 4.69) is 60.1 Å². The van der Waals surface area contributed by atoms with Gasteiger partial charge < -0.3 is 4.90 Å². The van der Waals surface area contributed by atoms with Crippen molar-refractivity contribution in [3.63, 3.8) is 0 Å². The van der Waals surface area contributed by atoms with Crippen molar-refractivity contribution in [2.24, 2.45) is 5.92 Å². The molecule has 0 saturated carbocycles. The van der Waals surface area contributed by atoms with Crippen molar-refractivity contribution in [3.05, 3.63) is 59.6 Å². The van der Waals surface area contributed by atoms with Crippen molar-refractivity contribution >= 4 is 5.82 Å². The van der Waals surface area contributed by atoms with E-state index < -0.39 is 0 Å². The third-order valence-corrected chi connectivity index (χ3v) is 5.13. The maximum Gasteiger partial charge on any atom is 0.154 e. The van der Waals surface area contributed by atoms with Gasteiger partial charge in [0, 0.05) is 19.5 Å². The molecule has 0 spiro atoms. The molecule has 0 aliphatic carbocycles. The maximum atomic E-state index is 4.57. The number of rotatable bonds is 4. The van der Waals surface area contributed by atoms with Crippen molar-refractivity contribution in [1.82, 2.24) is 10.2 Å². The quantitative estimate of drug-likeness (QED) is 0.850. The van der Waals surface area contributed by atoms with Gasteiger partial charge in [-0.1, -0.05) is 43.7 Å². The summed E-state index contributed by atoms with van der Waals surface area (Å²) in [4.78, 5) is 2.40. The van der Waals surface area contributed by atoms with Gasteiger partial charge in [0.05, 0.1) is 5.69 Å². The molecule has 121 valence electrons. The van der Waals surface area contributed by atoms with E-state index in [9.17, 15) is 0 Å². The smallest absolute Gasteiger partial charge is 0.154 e. The van der Waals surface area contributed by atoms with Gasteiger partial charge in [0.2, 0.25) is 0 Å². The van der Waals surface area contributed by atoms with Crippen LogP contribution in [0.3, 0.4) is 0 Å². The highest BCUT2D eigenvalue weighted by molar-refractivity contribution is 5.50. The molecule has 3 heteroatoms. The van der Waals surface area contributed by atoms with Crippen LogP contribution in [0.1, 0.15) is 41.6 Å². The Morgan fingerprint density at radius 3 is 2.39 bits per heavy atom. The number of benzene rings is 1. The van der Waals surface area contributed by atoms with Crippen LogP contribution in [0.2, 0.25) is 0 Å². The van der Waals surface area contributed by atoms with Gasteiger partial charge in [-0.15, -0.1) is 5.10 Å². The summed E-state index contributed by atoms with van der Waals surface area (Å²) in [7, 11) is 0. The molecule has 1 aliphatic heterocycles. The van der Waals surface area contributed by atoms with Crippen LogP contribution in [-0.2, 0) is 6.42 Å². The van der Waals surface area contributed by atoms with Crippen molar-refractivity contribution < 1.29 is 0 Å². The first kappa shape index (κ1) is 16.0. The molecule has 0 atom stereocenters. The summed E-state index contributed by atoms with van der Waals surface area (Å²) in [6.45, 7) is 10.6. The molecule has 1 radical (unpaired) electrons. The standard InChI is InChI=1S/C20H26N3/c1-4-17-10-12-23(13-11-17)20-16(3)15(2)19(21-22-20)14-18-8-6-5-7-9-18/h5-9,17H,1,4,10-14H2,2-3H3. The number of aromatic nitrogens is 2. The van der Waals surface area contributed by atoms with Crippen LogP contribution >= 0.6 is 0 Å². The SMILES string of the molecule is [CH2]CC1CCN(c2nnc(Cc3ccccc3)c(C)c2C)CC1. The molecule has 2 heterocycles. The van der Waals surface area contributed by atoms with Crippen molar-refractivity contribution in [1.29, 1.82) is 0 Å². The Hall–Kier alpha value is -1.90. The Kier molecular flexibility index (Phi) is 4.94. The molecule has 2 aromatic rings. The molecule has 0 amide bonds. The first-order chi connectivity index (χ1) is 11.2. The van der Waals surface area contributed by atoms with Gasteiger partial charge in [0.1, 0.15) is 0 Å². The van der Waals surface area contributed by atoms with E-state index in [0.29, 0.717) is 0 Å². The van der Waals surface area contributed by atoms with E-state index in [0.717, 1.165) is 43.4 Å². The molecule has 0 N–H and O–H groups in total. The van der Waals surface area contributed by atoms with Crippen LogP contribution in [-0.4, -0.2) is 23.3 Å². The van der Waals surface area contributed by atoms with Crippen molar-refractivity contribution in [3.8, 4) is 0 Å². The van der Waals surface area contributed by atoms with Crippen molar-refractivity contribution in [2.45, 2.75) is 39.5 Å². The van der Waals surface area contributed by atoms with Gasteiger partial charge >= 0.3 is 0 Å². The minimum absolute atomic E-state index is 0.776. The summed E-state index contributed by atoms with van der Waals surface area (Å²) in [5, 5.41) is 9.11. The van der Waals surface area contributed by atoms with Crippen LogP contribution in [0.4, 0.5) is 5.82 Å². The molecule has 1 aromatic heterocycles. The summed E-state index contributed by atoms with van der Waals surface area (Å²) < 4.78 is 0. The van der Waals surface area contributed by atoms with Crippen LogP contribution < -0.4 is 4.90 Å². The van der Waals surface area contributed by atoms with Crippen LogP contribution in [0, 0.1) is 26.7 Å². The lowest BCUT2D eigenvalue weighted by molar-refractivity contribution is 0.406. The number of piperidine rings is 1. The molecule has 0 unspecified atom stereocenters. The summed E-state index contributed by atoms with van der Waals surface area (Å²) in [6, 6.07) is 10.5. The Balaban J connectivity index is 1.78. The molecule has 1 saturated heterocycles. The maximum absolute atomic E-state index is 4.57. The molecule has 1 fully saturated rings. The van der Waals surface area contributed by atoms with Crippen molar-refractivity contribution in [2.75, 3.05) is 18.0 Å². The second-order valence-corrected chi connectivity index (χ2v) is 6.60. The Bertz CT molecular complexity index is 643. The van der Waals surface area contributed by atoms with Gasteiger partial charge in [-0.05, 0) is 49.3 Å². The van der Waals surface area contributed by atoms with E-state index in [1.165, 1.54) is 29.5 Å². The average molecular weight is 308 g/mol. The molecule has 1 aliphatic rings. The molecule has 1 aromatic carbocycles. The first-order valence-corrected chi connectivity index (χ1v) is 8.60. The van der Waals surface area contributed by atoms with Gasteiger partial charge in [-0.25, -0.2) is 0 Å². The molecule has 3 rings (SSSR count). The lowest BCUT2D eigenvalue weighted by Crippen LogP contribution is -2.35. The van der Waals surface area contributed by atoms with Crippen LogP contribution in [0.15, 0.2) is 30.3 Å². The Labute approximate surface area is 139 Å². The van der Waals surface area contributed by atoms with Gasteiger partial charge in [0.15, 0.2) is 5.82 Å². The molecule has 0 bridgehead atoms. The van der Waals surface area contributed by atoms with Gasteiger partial charge in [0.25, 0.3) is 0 Å². The van der Waals surface area contributed by atoms with E-state index in [1.54, 1.807) is 0 Å². The fourth-order valence-corrected chi connectivity index (χ4v) is 3.33. The minimum Gasteiger partial charge on any atom is -0.355 e. The van der Waals surface area contributed by atoms with E-state index in [1.807, 2.05) is 6.07 Å². The number of anilines is 1. The number of hydrogen-bond donors (Lipinski definition) is 0. The summed E-state index contributed by atoms with van der Waals surface area (Å²) >= 11 is 0. The highest BCUT2D eigenvalue weighted by atomic mass is 15.3. The summed E-state index contributed by atoms with van der Waals surface area (Å²) in [5.41, 5.74) is 4.93. The Morgan fingerprint density at radius 2 is 1.74 bits per heavy atom. The third kappa shape index (κ3) is 3.54. The average Bonchev–Trinajstić information content (AvgIpc) is 2.60. The van der Waals surface area contributed by atoms with Gasteiger partial charge in [-0.3, -0.25) is 0 Å². The highest BCUT2D eigenvalue weighted by Gasteiger charge is 2.21. The topological polar surface area (TPSA) is 29.0 Å². The van der Waals surface area contributed by atoms with Crippen LogP contribution in [0.25, 0.3) is 0 Å². The number of nitrogens with zero attached hydrogens (tertiary/aromatic N) is 3. The van der Waals surface area contributed by atoms with Crippen LogP contribution in [0.5, 0.6) is 0 Å². The first-order valence-electron chi connectivity index (χ1n) is 8.60. The lowest BCUT2D eigenvalue weighted by Gasteiger charge is -2.33. The minimum atomic E-state index is 0.776. The second-order valence-electron chi connectivity index (χ2n) is 6.60. The largest absolute Gasteiger partial charge is 0.355 e. The zero-order valence-corrected chi connectivity index (χ0v) is 14.3. The predicted molar refractivity (Wildman–Crippen MR) is 95.7 cm³/mol. The van der Waals surface area contributed by atoms with E-state index in [4.69, 9.17) is 0 Å². The fraction of sp³-hybridized carbons (Fsp3) is 0.450. The summed E-state index contributed by atoms with van der Waals surface area (Å²) in [6.07, 6.45) is 4.34. The molecular formula is C20H26N3. The second kappa shape index (κ2) is 7.12. The monoisotopic (exact) mass is 308 g/mol. The zero-order chi connectivity index (χ0) is 16.2. The third-order valence-electron chi connectivity index (χ3n) is 5.13. The number of hydrogen-bond acceptors (Lipinski definition) is 3. The van der Waals surface area contributed by atoms with E-state index in [-0.39, 0.29) is 0 Å². The lowest BCUT2D eigenvalue weighted by atomic mass is 9.94. The van der Waals surface area contributed by atoms with E-state index >= 15 is 0 Å². The summed E-state index contributed by atoms with van der Waals surface area (Å²) in [5.74, 6) is 1.85. The highest BCUT2D eigenvalue weighted by Crippen LogP contribution is 2.27. The van der Waals surface area contributed by atoms with Gasteiger partial charge in [-0.2, -0.15) is 5.10 Å². The zero-order valence-electron chi connectivity index (χ0n) is 14.3. The fourth-order valence-electron chi connectivity index (χ4n) is 3.33.